The van der Waals surface area contributed by atoms with Crippen molar-refractivity contribution in [1.82, 2.24) is 0 Å². The van der Waals surface area contributed by atoms with Crippen LogP contribution in [0.15, 0.2) is 42.5 Å². The molecule has 1 atom stereocenters. The van der Waals surface area contributed by atoms with Gasteiger partial charge in [-0.1, -0.05) is 75.8 Å². The van der Waals surface area contributed by atoms with Gasteiger partial charge in [0.05, 0.1) is 0 Å². The Morgan fingerprint density at radius 3 is 2.29 bits per heavy atom. The van der Waals surface area contributed by atoms with E-state index in [2.05, 4.69) is 29.9 Å². The van der Waals surface area contributed by atoms with E-state index in [9.17, 15) is 13.2 Å². The Hall–Kier alpha value is -1.71. The average molecular weight is 393 g/mol. The minimum Gasteiger partial charge on any atom is -0.406 e. The molecule has 0 bridgehead atoms. The quantitative estimate of drug-likeness (QED) is 0.428. The number of hydrogen-bond donors (Lipinski definition) is 0. The number of ether oxygens (including phenoxy) is 1. The predicted octanol–water partition coefficient (Wildman–Crippen LogP) is 7.93. The van der Waals surface area contributed by atoms with Crippen LogP contribution < -0.4 is 4.74 Å². The van der Waals surface area contributed by atoms with Gasteiger partial charge in [-0.05, 0) is 60.3 Å². The first-order chi connectivity index (χ1) is 13.4. The van der Waals surface area contributed by atoms with Crippen LogP contribution in [0.25, 0.3) is 5.57 Å². The Morgan fingerprint density at radius 1 is 1.00 bits per heavy atom. The summed E-state index contributed by atoms with van der Waals surface area (Å²) in [6.45, 7) is 2.26. The molecule has 0 amide bonds. The van der Waals surface area contributed by atoms with Gasteiger partial charge in [0.1, 0.15) is 5.75 Å². The summed E-state index contributed by atoms with van der Waals surface area (Å²) in [5.41, 5.74) is 2.02. The number of alkyl halides is 3. The van der Waals surface area contributed by atoms with Gasteiger partial charge in [-0.2, -0.15) is 0 Å². The molecule has 2 aliphatic carbocycles. The van der Waals surface area contributed by atoms with Crippen LogP contribution in [-0.4, -0.2) is 6.36 Å². The fraction of sp³-hybridized carbons (Fsp3) is 0.583. The van der Waals surface area contributed by atoms with E-state index in [1.54, 1.807) is 12.1 Å². The molecule has 2 aliphatic rings. The van der Waals surface area contributed by atoms with Crippen LogP contribution in [0.5, 0.6) is 5.75 Å². The molecule has 1 aromatic rings. The van der Waals surface area contributed by atoms with Crippen molar-refractivity contribution in [2.75, 3.05) is 0 Å². The van der Waals surface area contributed by atoms with Gasteiger partial charge in [0.25, 0.3) is 0 Å². The molecule has 3 rings (SSSR count). The predicted molar refractivity (Wildman–Crippen MR) is 108 cm³/mol. The van der Waals surface area contributed by atoms with Crippen molar-refractivity contribution in [3.63, 3.8) is 0 Å². The van der Waals surface area contributed by atoms with Crippen molar-refractivity contribution in [1.29, 1.82) is 0 Å². The lowest BCUT2D eigenvalue weighted by molar-refractivity contribution is -0.274. The van der Waals surface area contributed by atoms with Gasteiger partial charge in [-0.15, -0.1) is 13.2 Å². The molecule has 0 radical (unpaired) electrons. The Kier molecular flexibility index (Phi) is 7.25. The van der Waals surface area contributed by atoms with E-state index in [0.29, 0.717) is 5.92 Å². The second kappa shape index (κ2) is 9.67. The zero-order chi connectivity index (χ0) is 20.0. The van der Waals surface area contributed by atoms with E-state index < -0.39 is 6.36 Å². The summed E-state index contributed by atoms with van der Waals surface area (Å²) in [6.07, 6.45) is 13.9. The number of hydrogen-bond acceptors (Lipinski definition) is 1. The standard InChI is InChI=1S/C24H31F3O/c1-2-3-4-5-18-6-8-19(9-7-18)20-10-12-21(13-11-20)22-14-16-23(17-15-22)28-24(25,26)27/h10,12-20H,2-9,11H2,1H3/t18-,19-,20?. The lowest BCUT2D eigenvalue weighted by Crippen LogP contribution is -2.21. The number of halogens is 3. The maximum Gasteiger partial charge on any atom is 0.573 e. The maximum atomic E-state index is 12.3. The van der Waals surface area contributed by atoms with E-state index in [1.807, 2.05) is 0 Å². The zero-order valence-corrected chi connectivity index (χ0v) is 16.7. The first-order valence-electron chi connectivity index (χ1n) is 10.7. The Balaban J connectivity index is 1.48. The number of unbranched alkanes of at least 4 members (excludes halogenated alkanes) is 2. The van der Waals surface area contributed by atoms with E-state index in [-0.39, 0.29) is 5.75 Å². The fourth-order valence-corrected chi connectivity index (χ4v) is 4.64. The summed E-state index contributed by atoms with van der Waals surface area (Å²) in [5, 5.41) is 0. The van der Waals surface area contributed by atoms with Gasteiger partial charge in [0, 0.05) is 0 Å². The van der Waals surface area contributed by atoms with Gasteiger partial charge in [-0.25, -0.2) is 0 Å². The summed E-state index contributed by atoms with van der Waals surface area (Å²) in [4.78, 5) is 0. The maximum absolute atomic E-state index is 12.3. The fourth-order valence-electron chi connectivity index (χ4n) is 4.64. The first-order valence-corrected chi connectivity index (χ1v) is 10.7. The minimum absolute atomic E-state index is 0.176. The molecule has 0 N–H and O–H groups in total. The third-order valence-electron chi connectivity index (χ3n) is 6.27. The summed E-state index contributed by atoms with van der Waals surface area (Å²) in [7, 11) is 0. The van der Waals surface area contributed by atoms with Crippen LogP contribution in [0.2, 0.25) is 0 Å². The molecule has 0 aromatic heterocycles. The van der Waals surface area contributed by atoms with Crippen molar-refractivity contribution in [3.05, 3.63) is 48.1 Å². The number of allylic oxidation sites excluding steroid dienone is 4. The minimum atomic E-state index is -4.65. The van der Waals surface area contributed by atoms with Gasteiger partial charge < -0.3 is 4.74 Å². The van der Waals surface area contributed by atoms with Crippen molar-refractivity contribution in [2.24, 2.45) is 17.8 Å². The molecule has 1 fully saturated rings. The zero-order valence-electron chi connectivity index (χ0n) is 16.7. The van der Waals surface area contributed by atoms with E-state index >= 15 is 0 Å². The molecule has 1 nitrogen and oxygen atoms in total. The third-order valence-corrected chi connectivity index (χ3v) is 6.27. The molecule has 1 saturated carbocycles. The highest BCUT2D eigenvalue weighted by Gasteiger charge is 2.31. The Labute approximate surface area is 166 Å². The molecular weight excluding hydrogens is 361 g/mol. The molecular formula is C24H31F3O. The topological polar surface area (TPSA) is 9.23 Å². The smallest absolute Gasteiger partial charge is 0.406 e. The summed E-state index contributed by atoms with van der Waals surface area (Å²) in [5.74, 6) is 2.14. The molecule has 1 unspecified atom stereocenters. The Bertz CT molecular complexity index is 664. The average Bonchev–Trinajstić information content (AvgIpc) is 2.68. The highest BCUT2D eigenvalue weighted by atomic mass is 19.4. The first kappa shape index (κ1) is 21.0. The van der Waals surface area contributed by atoms with Gasteiger partial charge in [-0.3, -0.25) is 0 Å². The normalized spacial score (nSPS) is 25.4. The van der Waals surface area contributed by atoms with Gasteiger partial charge in [0.2, 0.25) is 0 Å². The SMILES string of the molecule is CCCCC[C@H]1CC[C@H](C2C=CC(c3ccc(OC(F)(F)F)cc3)=CC2)CC1. The molecule has 0 saturated heterocycles. The molecule has 0 heterocycles. The van der Waals surface area contributed by atoms with Crippen LogP contribution in [0.3, 0.4) is 0 Å². The van der Waals surface area contributed by atoms with Crippen LogP contribution in [0, 0.1) is 17.8 Å². The second-order valence-electron chi connectivity index (χ2n) is 8.27. The largest absolute Gasteiger partial charge is 0.573 e. The van der Waals surface area contributed by atoms with Gasteiger partial charge >= 0.3 is 6.36 Å². The second-order valence-corrected chi connectivity index (χ2v) is 8.27. The Morgan fingerprint density at radius 2 is 1.71 bits per heavy atom. The van der Waals surface area contributed by atoms with Crippen molar-refractivity contribution in [3.8, 4) is 5.75 Å². The van der Waals surface area contributed by atoms with Crippen molar-refractivity contribution < 1.29 is 17.9 Å². The third kappa shape index (κ3) is 6.15. The monoisotopic (exact) mass is 392 g/mol. The lowest BCUT2D eigenvalue weighted by atomic mass is 9.72. The number of benzene rings is 1. The molecule has 4 heteroatoms. The summed E-state index contributed by atoms with van der Waals surface area (Å²) >= 11 is 0. The van der Waals surface area contributed by atoms with Crippen LogP contribution >= 0.6 is 0 Å². The van der Waals surface area contributed by atoms with E-state index in [1.165, 1.54) is 63.5 Å². The van der Waals surface area contributed by atoms with Crippen LogP contribution in [-0.2, 0) is 0 Å². The molecule has 28 heavy (non-hydrogen) atoms. The molecule has 1 aromatic carbocycles. The van der Waals surface area contributed by atoms with Crippen LogP contribution in [0.1, 0.15) is 70.3 Å². The van der Waals surface area contributed by atoms with Crippen molar-refractivity contribution in [2.45, 2.75) is 71.1 Å². The van der Waals surface area contributed by atoms with E-state index in [4.69, 9.17) is 0 Å². The highest BCUT2D eigenvalue weighted by molar-refractivity contribution is 5.75. The lowest BCUT2D eigenvalue weighted by Gasteiger charge is -2.33. The van der Waals surface area contributed by atoms with Crippen molar-refractivity contribution >= 4 is 5.57 Å². The summed E-state index contributed by atoms with van der Waals surface area (Å²) < 4.78 is 40.8. The molecule has 0 spiro atoms. The van der Waals surface area contributed by atoms with Crippen LogP contribution in [0.4, 0.5) is 13.2 Å². The van der Waals surface area contributed by atoms with Gasteiger partial charge in [0.15, 0.2) is 0 Å². The molecule has 154 valence electrons. The van der Waals surface area contributed by atoms with E-state index in [0.717, 1.165) is 29.4 Å². The summed E-state index contributed by atoms with van der Waals surface area (Å²) in [6, 6.07) is 6.14. The number of rotatable bonds is 7. The molecule has 0 aliphatic heterocycles. The highest BCUT2D eigenvalue weighted by Crippen LogP contribution is 2.39.